The molecule has 0 N–H and O–H groups in total. The molecule has 0 fully saturated rings. The molecule has 1 aliphatic rings. The van der Waals surface area contributed by atoms with E-state index in [1.165, 1.54) is 20.3 Å². The van der Waals surface area contributed by atoms with Crippen LogP contribution in [0.3, 0.4) is 0 Å². The number of carbonyl (C=O) groups excluding carboxylic acids is 2. The Bertz CT molecular complexity index is 541. The third-order valence-electron chi connectivity index (χ3n) is 2.74. The Kier molecular flexibility index (Phi) is 2.71. The lowest BCUT2D eigenvalue weighted by Gasteiger charge is -2.18. The van der Waals surface area contributed by atoms with Gasteiger partial charge in [-0.2, -0.15) is 0 Å². The van der Waals surface area contributed by atoms with Crippen molar-refractivity contribution in [3.63, 3.8) is 0 Å². The second kappa shape index (κ2) is 4.05. The highest BCUT2D eigenvalue weighted by Gasteiger charge is 2.28. The van der Waals surface area contributed by atoms with Crippen LogP contribution < -0.4 is 9.47 Å². The molecule has 4 nitrogen and oxygen atoms in total. The number of hydrogen-bond donors (Lipinski definition) is 0. The fraction of sp³-hybridized carbons (Fsp3) is 0.231. The van der Waals surface area contributed by atoms with E-state index in [2.05, 4.69) is 0 Å². The van der Waals surface area contributed by atoms with E-state index in [9.17, 15) is 9.59 Å². The number of rotatable bonds is 2. The molecule has 4 heteroatoms. The summed E-state index contributed by atoms with van der Waals surface area (Å²) < 4.78 is 10.4. The van der Waals surface area contributed by atoms with E-state index in [-0.39, 0.29) is 5.56 Å². The van der Waals surface area contributed by atoms with Crippen molar-refractivity contribution in [3.05, 3.63) is 28.8 Å². The maximum Gasteiger partial charge on any atom is 0.237 e. The molecule has 0 saturated carbocycles. The van der Waals surface area contributed by atoms with Crippen LogP contribution >= 0.6 is 0 Å². The van der Waals surface area contributed by atoms with Crippen molar-refractivity contribution in [1.29, 1.82) is 0 Å². The lowest BCUT2D eigenvalue weighted by atomic mass is 9.92. The Morgan fingerprint density at radius 2 is 1.76 bits per heavy atom. The number of fused-ring (bicyclic) bond motifs is 1. The Labute approximate surface area is 98.8 Å². The zero-order chi connectivity index (χ0) is 12.6. The Morgan fingerprint density at radius 1 is 1.06 bits per heavy atom. The Hall–Kier alpha value is -2.10. The molecule has 0 saturated heterocycles. The second-order valence-electron chi connectivity index (χ2n) is 3.74. The molecule has 0 spiro atoms. The maximum absolute atomic E-state index is 11.8. The van der Waals surface area contributed by atoms with Gasteiger partial charge in [0.1, 0.15) is 11.5 Å². The molecule has 17 heavy (non-hydrogen) atoms. The van der Waals surface area contributed by atoms with Crippen LogP contribution in [0.4, 0.5) is 0 Å². The largest absolute Gasteiger partial charge is 0.496 e. The quantitative estimate of drug-likeness (QED) is 0.729. The van der Waals surface area contributed by atoms with Gasteiger partial charge in [-0.1, -0.05) is 0 Å². The van der Waals surface area contributed by atoms with E-state index in [1.807, 2.05) is 6.92 Å². The van der Waals surface area contributed by atoms with Gasteiger partial charge in [0.05, 0.1) is 19.8 Å². The van der Waals surface area contributed by atoms with Crippen LogP contribution in [0.15, 0.2) is 12.1 Å². The van der Waals surface area contributed by atoms with Gasteiger partial charge in [0.2, 0.25) is 11.6 Å². The molecule has 0 radical (unpaired) electrons. The van der Waals surface area contributed by atoms with E-state index >= 15 is 0 Å². The predicted octanol–water partition coefficient (Wildman–Crippen LogP) is 1.79. The van der Waals surface area contributed by atoms with Crippen molar-refractivity contribution in [2.45, 2.75) is 6.92 Å². The van der Waals surface area contributed by atoms with Crippen molar-refractivity contribution >= 4 is 17.6 Å². The van der Waals surface area contributed by atoms with Crippen LogP contribution in [0, 0.1) is 6.92 Å². The van der Waals surface area contributed by atoms with Gasteiger partial charge in [0.25, 0.3) is 0 Å². The van der Waals surface area contributed by atoms with Crippen molar-refractivity contribution in [1.82, 2.24) is 0 Å². The molecule has 0 aromatic heterocycles. The molecular formula is C13H12O4. The molecule has 0 atom stereocenters. The summed E-state index contributed by atoms with van der Waals surface area (Å²) in [5.74, 6) is -0.0988. The van der Waals surface area contributed by atoms with E-state index in [0.717, 1.165) is 5.56 Å². The van der Waals surface area contributed by atoms with Gasteiger partial charge in [-0.25, -0.2) is 0 Å². The zero-order valence-electron chi connectivity index (χ0n) is 9.87. The molecule has 88 valence electrons. The first-order valence-corrected chi connectivity index (χ1v) is 5.12. The lowest BCUT2D eigenvalue weighted by Crippen LogP contribution is -2.18. The van der Waals surface area contributed by atoms with Crippen LogP contribution in [0.5, 0.6) is 11.5 Å². The molecule has 1 aromatic rings. The molecular weight excluding hydrogens is 220 g/mol. The number of methoxy groups -OCH3 is 2. The molecule has 0 bridgehead atoms. The molecule has 2 rings (SSSR count). The highest BCUT2D eigenvalue weighted by molar-refractivity contribution is 6.50. The van der Waals surface area contributed by atoms with E-state index in [4.69, 9.17) is 9.47 Å². The smallest absolute Gasteiger partial charge is 0.237 e. The average molecular weight is 232 g/mol. The first-order chi connectivity index (χ1) is 8.10. The number of aryl methyl sites for hydroxylation is 1. The fourth-order valence-electron chi connectivity index (χ4n) is 1.98. The van der Waals surface area contributed by atoms with Crippen LogP contribution in [0.2, 0.25) is 0 Å². The summed E-state index contributed by atoms with van der Waals surface area (Å²) in [6, 6.07) is 1.70. The van der Waals surface area contributed by atoms with Crippen molar-refractivity contribution < 1.29 is 19.1 Å². The van der Waals surface area contributed by atoms with Gasteiger partial charge >= 0.3 is 0 Å². The summed E-state index contributed by atoms with van der Waals surface area (Å²) >= 11 is 0. The van der Waals surface area contributed by atoms with Gasteiger partial charge in [-0.3, -0.25) is 9.59 Å². The summed E-state index contributed by atoms with van der Waals surface area (Å²) in [7, 11) is 3.00. The zero-order valence-corrected chi connectivity index (χ0v) is 9.87. The minimum absolute atomic E-state index is 0.280. The van der Waals surface area contributed by atoms with Gasteiger partial charge in [-0.05, 0) is 30.7 Å². The van der Waals surface area contributed by atoms with Crippen LogP contribution in [-0.4, -0.2) is 25.8 Å². The summed E-state index contributed by atoms with van der Waals surface area (Å²) in [5, 5.41) is 0. The van der Waals surface area contributed by atoms with Crippen molar-refractivity contribution in [2.75, 3.05) is 14.2 Å². The van der Waals surface area contributed by atoms with Crippen molar-refractivity contribution in [3.8, 4) is 11.5 Å². The second-order valence-corrected chi connectivity index (χ2v) is 3.74. The van der Waals surface area contributed by atoms with E-state index < -0.39 is 11.6 Å². The van der Waals surface area contributed by atoms with Crippen LogP contribution in [0.25, 0.3) is 6.08 Å². The Balaban J connectivity index is 2.81. The highest BCUT2D eigenvalue weighted by atomic mass is 16.5. The third kappa shape index (κ3) is 1.62. The van der Waals surface area contributed by atoms with E-state index in [1.54, 1.807) is 12.1 Å². The van der Waals surface area contributed by atoms with Crippen LogP contribution in [0.1, 0.15) is 21.5 Å². The first-order valence-electron chi connectivity index (χ1n) is 5.12. The monoisotopic (exact) mass is 232 g/mol. The normalized spacial score (nSPS) is 13.6. The highest BCUT2D eigenvalue weighted by Crippen LogP contribution is 2.37. The predicted molar refractivity (Wildman–Crippen MR) is 62.7 cm³/mol. The first kappa shape index (κ1) is 11.4. The summed E-state index contributed by atoms with van der Waals surface area (Å²) in [5.41, 5.74) is 1.74. The summed E-state index contributed by atoms with van der Waals surface area (Å²) in [4.78, 5) is 23.2. The molecule has 0 heterocycles. The molecule has 0 unspecified atom stereocenters. The number of benzene rings is 1. The average Bonchev–Trinajstić information content (AvgIpc) is 2.32. The van der Waals surface area contributed by atoms with E-state index in [0.29, 0.717) is 17.1 Å². The Morgan fingerprint density at radius 3 is 2.35 bits per heavy atom. The topological polar surface area (TPSA) is 52.6 Å². The number of Topliss-reactive ketones (excluding diaryl/α,β-unsaturated/α-hetero) is 1. The molecule has 0 amide bonds. The standard InChI is InChI=1S/C13H12O4/c1-7-6-10(16-2)11-8(13(7)17-3)4-5-9(14)12(11)15/h4-6H,1-3H3. The number of hydrogen-bond acceptors (Lipinski definition) is 4. The molecule has 1 aromatic carbocycles. The SMILES string of the molecule is COc1cc(C)c(OC)c2c1C(=O)C(=O)C=C2. The van der Waals surface area contributed by atoms with Gasteiger partial charge < -0.3 is 9.47 Å². The minimum atomic E-state index is -0.558. The third-order valence-corrected chi connectivity index (χ3v) is 2.74. The molecule has 0 aliphatic heterocycles. The molecule has 1 aliphatic carbocycles. The number of ketones is 2. The lowest BCUT2D eigenvalue weighted by molar-refractivity contribution is -0.110. The van der Waals surface area contributed by atoms with Crippen LogP contribution in [-0.2, 0) is 4.79 Å². The van der Waals surface area contributed by atoms with Gasteiger partial charge in [0, 0.05) is 5.56 Å². The maximum atomic E-state index is 11.8. The van der Waals surface area contributed by atoms with Gasteiger partial charge in [-0.15, -0.1) is 0 Å². The number of carbonyl (C=O) groups is 2. The number of allylic oxidation sites excluding steroid dienone is 1. The minimum Gasteiger partial charge on any atom is -0.496 e. The summed E-state index contributed by atoms with van der Waals surface area (Å²) in [6.45, 7) is 1.86. The summed E-state index contributed by atoms with van der Waals surface area (Å²) in [6.07, 6.45) is 2.85. The van der Waals surface area contributed by atoms with Crippen molar-refractivity contribution in [2.24, 2.45) is 0 Å². The van der Waals surface area contributed by atoms with Gasteiger partial charge in [0.15, 0.2) is 0 Å². The fourth-order valence-corrected chi connectivity index (χ4v) is 1.98. The number of ether oxygens (including phenoxy) is 2.